The van der Waals surface area contributed by atoms with E-state index in [-0.39, 0.29) is 18.4 Å². The molecular weight excluding hydrogens is 370 g/mol. The maximum atomic E-state index is 12.6. The zero-order chi connectivity index (χ0) is 18.7. The fraction of sp³-hybridized carbons (Fsp3) is 0.421. The monoisotopic (exact) mass is 391 g/mol. The van der Waals surface area contributed by atoms with Crippen molar-refractivity contribution in [2.75, 3.05) is 6.54 Å². The molecule has 0 bridgehead atoms. The molecule has 1 aromatic carbocycles. The van der Waals surface area contributed by atoms with E-state index in [2.05, 4.69) is 6.07 Å². The smallest absolute Gasteiger partial charge is 0.303 e. The fourth-order valence-electron chi connectivity index (χ4n) is 3.10. The highest BCUT2D eigenvalue weighted by atomic mass is 32.2. The van der Waals surface area contributed by atoms with Gasteiger partial charge < -0.3 is 9.84 Å². The zero-order valence-corrected chi connectivity index (χ0v) is 16.2. The maximum absolute atomic E-state index is 12.6. The van der Waals surface area contributed by atoms with Crippen LogP contribution in [-0.4, -0.2) is 38.9 Å². The molecule has 0 aromatic heterocycles. The van der Waals surface area contributed by atoms with Crippen LogP contribution in [-0.2, 0) is 16.0 Å². The van der Waals surface area contributed by atoms with Crippen molar-refractivity contribution in [1.82, 2.24) is 4.90 Å². The molecule has 1 amide bonds. The van der Waals surface area contributed by atoms with Crippen LogP contribution in [0.2, 0.25) is 0 Å². The summed E-state index contributed by atoms with van der Waals surface area (Å²) in [5.41, 5.74) is 2.14. The molecule has 3 rings (SSSR count). The summed E-state index contributed by atoms with van der Waals surface area (Å²) in [6, 6.07) is 5.97. The van der Waals surface area contributed by atoms with Crippen molar-refractivity contribution < 1.29 is 19.4 Å². The van der Waals surface area contributed by atoms with Crippen LogP contribution in [0.25, 0.3) is 6.08 Å². The van der Waals surface area contributed by atoms with Crippen LogP contribution in [0.3, 0.4) is 0 Å². The highest BCUT2D eigenvalue weighted by molar-refractivity contribution is 8.26. The summed E-state index contributed by atoms with van der Waals surface area (Å²) < 4.78 is 6.27. The third kappa shape index (κ3) is 4.45. The summed E-state index contributed by atoms with van der Waals surface area (Å²) >= 11 is 6.66. The summed E-state index contributed by atoms with van der Waals surface area (Å²) in [4.78, 5) is 25.4. The van der Waals surface area contributed by atoms with Gasteiger partial charge in [0.15, 0.2) is 0 Å². The molecule has 7 heteroatoms. The number of hydrogen-bond acceptors (Lipinski definition) is 5. The average molecular weight is 392 g/mol. The Morgan fingerprint density at radius 3 is 3.00 bits per heavy atom. The van der Waals surface area contributed by atoms with Crippen LogP contribution in [0.1, 0.15) is 43.7 Å². The third-order valence-electron chi connectivity index (χ3n) is 4.36. The minimum absolute atomic E-state index is 0.0663. The Morgan fingerprint density at radius 2 is 2.23 bits per heavy atom. The second-order valence-corrected chi connectivity index (χ2v) is 8.21. The number of nitrogens with zero attached hydrogens (tertiary/aromatic N) is 1. The summed E-state index contributed by atoms with van der Waals surface area (Å²) in [7, 11) is 0. The van der Waals surface area contributed by atoms with Crippen molar-refractivity contribution in [2.24, 2.45) is 0 Å². The number of fused-ring (bicyclic) bond motifs is 1. The van der Waals surface area contributed by atoms with E-state index < -0.39 is 5.97 Å². The largest absolute Gasteiger partial charge is 0.490 e. The van der Waals surface area contributed by atoms with Gasteiger partial charge in [0.25, 0.3) is 5.91 Å². The van der Waals surface area contributed by atoms with Crippen LogP contribution >= 0.6 is 24.0 Å². The summed E-state index contributed by atoms with van der Waals surface area (Å²) in [5, 5.41) is 8.65. The molecule has 5 nitrogen and oxygen atoms in total. The topological polar surface area (TPSA) is 66.8 Å². The van der Waals surface area contributed by atoms with Crippen molar-refractivity contribution in [3.8, 4) is 5.75 Å². The molecule has 1 N–H and O–H groups in total. The lowest BCUT2D eigenvalue weighted by Gasteiger charge is -2.13. The molecule has 2 aliphatic heterocycles. The van der Waals surface area contributed by atoms with Gasteiger partial charge >= 0.3 is 5.97 Å². The zero-order valence-electron chi connectivity index (χ0n) is 14.6. The number of hydrogen-bond donors (Lipinski definition) is 1. The molecule has 1 atom stereocenters. The van der Waals surface area contributed by atoms with E-state index >= 15 is 0 Å². The van der Waals surface area contributed by atoms with E-state index in [9.17, 15) is 9.59 Å². The van der Waals surface area contributed by atoms with E-state index in [4.69, 9.17) is 22.1 Å². The minimum Gasteiger partial charge on any atom is -0.490 e. The number of carboxylic acid groups (broad SMARTS) is 1. The Labute approximate surface area is 162 Å². The Hall–Kier alpha value is -1.86. The lowest BCUT2D eigenvalue weighted by atomic mass is 10.1. The first-order valence-electron chi connectivity index (χ1n) is 8.71. The molecule has 0 aliphatic carbocycles. The summed E-state index contributed by atoms with van der Waals surface area (Å²) in [5.74, 6) is 0.0691. The standard InChI is InChI=1S/C19H21NO4S2/c1-12-9-14-10-13(6-7-15(14)24-12)11-16-18(23)20(19(25)26-16)8-4-2-3-5-17(21)22/h6-7,10-12H,2-5,8-9H2,1H3,(H,21,22)/b16-11+. The quantitative estimate of drug-likeness (QED) is 0.433. The molecule has 2 heterocycles. The number of ether oxygens (including phenoxy) is 1. The third-order valence-corrected chi connectivity index (χ3v) is 5.74. The number of rotatable bonds is 7. The van der Waals surface area contributed by atoms with Gasteiger partial charge in [0.05, 0.1) is 4.91 Å². The highest BCUT2D eigenvalue weighted by Crippen LogP contribution is 2.35. The predicted octanol–water partition coefficient (Wildman–Crippen LogP) is 3.86. The molecular formula is C19H21NO4S2. The SMILES string of the molecule is CC1Cc2cc(/C=C3/SC(=S)N(CCCCCC(=O)O)C3=O)ccc2O1. The Bertz CT molecular complexity index is 775. The normalized spacial score (nSPS) is 20.6. The van der Waals surface area contributed by atoms with Crippen molar-refractivity contribution in [3.63, 3.8) is 0 Å². The number of carboxylic acids is 1. The van der Waals surface area contributed by atoms with E-state index in [0.717, 1.165) is 30.6 Å². The molecule has 1 saturated heterocycles. The van der Waals surface area contributed by atoms with E-state index in [1.807, 2.05) is 25.1 Å². The summed E-state index contributed by atoms with van der Waals surface area (Å²) in [6.45, 7) is 2.58. The van der Waals surface area contributed by atoms with Crippen LogP contribution in [0, 0.1) is 0 Å². The molecule has 0 spiro atoms. The molecule has 2 aliphatic rings. The Morgan fingerprint density at radius 1 is 1.42 bits per heavy atom. The van der Waals surface area contributed by atoms with Gasteiger partial charge in [-0.1, -0.05) is 36.5 Å². The van der Waals surface area contributed by atoms with Gasteiger partial charge in [-0.3, -0.25) is 14.5 Å². The van der Waals surface area contributed by atoms with Crippen molar-refractivity contribution in [1.29, 1.82) is 0 Å². The first-order valence-corrected chi connectivity index (χ1v) is 9.93. The fourth-order valence-corrected chi connectivity index (χ4v) is 4.41. The lowest BCUT2D eigenvalue weighted by molar-refractivity contribution is -0.137. The van der Waals surface area contributed by atoms with Crippen molar-refractivity contribution in [2.45, 2.75) is 45.1 Å². The number of benzene rings is 1. The van der Waals surface area contributed by atoms with Gasteiger partial charge in [-0.05, 0) is 49.1 Å². The molecule has 26 heavy (non-hydrogen) atoms. The summed E-state index contributed by atoms with van der Waals surface area (Å²) in [6.07, 6.45) is 5.27. The number of unbranched alkanes of at least 4 members (excludes halogenated alkanes) is 2. The van der Waals surface area contributed by atoms with E-state index in [1.54, 1.807) is 4.90 Å². The number of thiocarbonyl (C=S) groups is 1. The average Bonchev–Trinajstić information content (AvgIpc) is 3.07. The van der Waals surface area contributed by atoms with Crippen LogP contribution in [0.5, 0.6) is 5.75 Å². The van der Waals surface area contributed by atoms with Crippen LogP contribution < -0.4 is 4.74 Å². The van der Waals surface area contributed by atoms with Gasteiger partial charge in [0.1, 0.15) is 16.2 Å². The minimum atomic E-state index is -0.785. The van der Waals surface area contributed by atoms with Gasteiger partial charge in [0, 0.05) is 19.4 Å². The number of thioether (sulfide) groups is 1. The van der Waals surface area contributed by atoms with Gasteiger partial charge in [-0.2, -0.15) is 0 Å². The van der Waals surface area contributed by atoms with Crippen LogP contribution in [0.15, 0.2) is 23.1 Å². The van der Waals surface area contributed by atoms with E-state index in [0.29, 0.717) is 22.2 Å². The van der Waals surface area contributed by atoms with Crippen molar-refractivity contribution >= 4 is 46.3 Å². The first-order chi connectivity index (χ1) is 12.4. The first kappa shape index (κ1) is 18.9. The Balaban J connectivity index is 1.60. The van der Waals surface area contributed by atoms with Gasteiger partial charge in [-0.25, -0.2) is 0 Å². The molecule has 0 radical (unpaired) electrons. The number of amides is 1. The molecule has 1 fully saturated rings. The molecule has 1 unspecified atom stereocenters. The number of carbonyl (C=O) groups excluding carboxylic acids is 1. The maximum Gasteiger partial charge on any atom is 0.303 e. The molecule has 138 valence electrons. The lowest BCUT2D eigenvalue weighted by Crippen LogP contribution is -2.29. The number of aliphatic carboxylic acids is 1. The Kier molecular flexibility index (Phi) is 5.98. The van der Waals surface area contributed by atoms with Crippen molar-refractivity contribution in [3.05, 3.63) is 34.2 Å². The highest BCUT2D eigenvalue weighted by Gasteiger charge is 2.31. The molecule has 0 saturated carbocycles. The van der Waals surface area contributed by atoms with Crippen LogP contribution in [0.4, 0.5) is 0 Å². The number of carbonyl (C=O) groups is 2. The second kappa shape index (κ2) is 8.22. The molecule has 1 aromatic rings. The van der Waals surface area contributed by atoms with Gasteiger partial charge in [0.2, 0.25) is 0 Å². The van der Waals surface area contributed by atoms with E-state index in [1.165, 1.54) is 17.3 Å². The van der Waals surface area contributed by atoms with Gasteiger partial charge in [-0.15, -0.1) is 0 Å². The second-order valence-electron chi connectivity index (χ2n) is 6.54. The predicted molar refractivity (Wildman–Crippen MR) is 106 cm³/mol.